The Bertz CT molecular complexity index is 578. The Hall–Kier alpha value is -2.07. The normalized spacial score (nSPS) is 10.4. The van der Waals surface area contributed by atoms with Crippen LogP contribution in [0.2, 0.25) is 0 Å². The number of nitrogens with zero attached hydrogens (tertiary/aromatic N) is 1. The van der Waals surface area contributed by atoms with Crippen LogP contribution in [0, 0.1) is 0 Å². The summed E-state index contributed by atoms with van der Waals surface area (Å²) in [5.74, 6) is 0. The number of rotatable bonds is 6. The van der Waals surface area contributed by atoms with E-state index in [-0.39, 0.29) is 5.56 Å². The van der Waals surface area contributed by atoms with Crippen molar-refractivity contribution in [3.63, 3.8) is 0 Å². The van der Waals surface area contributed by atoms with Crippen LogP contribution in [-0.2, 0) is 17.9 Å². The van der Waals surface area contributed by atoms with Crippen LogP contribution in [0.3, 0.4) is 0 Å². The van der Waals surface area contributed by atoms with Gasteiger partial charge in [0.1, 0.15) is 0 Å². The van der Waals surface area contributed by atoms with Crippen LogP contribution in [0.4, 0.5) is 5.69 Å². The number of nitrogens with one attached hydrogen (secondary N) is 1. The van der Waals surface area contributed by atoms with Gasteiger partial charge in [-0.2, -0.15) is 0 Å². The lowest BCUT2D eigenvalue weighted by Gasteiger charge is -2.12. The van der Waals surface area contributed by atoms with Crippen LogP contribution in [0.1, 0.15) is 5.56 Å². The molecule has 0 aliphatic carbocycles. The van der Waals surface area contributed by atoms with Crippen LogP contribution in [0.5, 0.6) is 0 Å². The van der Waals surface area contributed by atoms with Crippen molar-refractivity contribution in [3.05, 3.63) is 64.6 Å². The number of hydrogen-bond acceptors (Lipinski definition) is 3. The van der Waals surface area contributed by atoms with E-state index >= 15 is 0 Å². The van der Waals surface area contributed by atoms with Gasteiger partial charge in [-0.05, 0) is 12.1 Å². The topological polar surface area (TPSA) is 43.3 Å². The fourth-order valence-electron chi connectivity index (χ4n) is 1.93. The van der Waals surface area contributed by atoms with Crippen molar-refractivity contribution in [1.82, 2.24) is 4.57 Å². The fraction of sp³-hybridized carbons (Fsp3) is 0.267. The minimum Gasteiger partial charge on any atom is -0.383 e. The van der Waals surface area contributed by atoms with Gasteiger partial charge in [-0.15, -0.1) is 0 Å². The highest BCUT2D eigenvalue weighted by atomic mass is 16.5. The Balaban J connectivity index is 1.96. The molecule has 1 heterocycles. The molecule has 4 heteroatoms. The van der Waals surface area contributed by atoms with E-state index in [0.29, 0.717) is 19.7 Å². The number of hydrogen-bond donors (Lipinski definition) is 1. The van der Waals surface area contributed by atoms with E-state index in [1.54, 1.807) is 30.0 Å². The molecule has 1 N–H and O–H groups in total. The van der Waals surface area contributed by atoms with Gasteiger partial charge in [-0.1, -0.05) is 24.3 Å². The van der Waals surface area contributed by atoms with Crippen molar-refractivity contribution < 1.29 is 4.74 Å². The van der Waals surface area contributed by atoms with Gasteiger partial charge >= 0.3 is 0 Å². The van der Waals surface area contributed by atoms with E-state index in [1.165, 1.54) is 0 Å². The Morgan fingerprint density at radius 1 is 1.16 bits per heavy atom. The molecule has 0 fully saturated rings. The van der Waals surface area contributed by atoms with Crippen molar-refractivity contribution in [2.75, 3.05) is 19.0 Å². The molecule has 0 unspecified atom stereocenters. The Kier molecular flexibility index (Phi) is 4.75. The van der Waals surface area contributed by atoms with Gasteiger partial charge in [0, 0.05) is 43.7 Å². The largest absolute Gasteiger partial charge is 0.383 e. The molecule has 0 saturated carbocycles. The number of anilines is 1. The lowest BCUT2D eigenvalue weighted by atomic mass is 10.2. The third-order valence-electron chi connectivity index (χ3n) is 2.88. The average molecular weight is 258 g/mol. The highest BCUT2D eigenvalue weighted by molar-refractivity contribution is 5.50. The summed E-state index contributed by atoms with van der Waals surface area (Å²) in [6, 6.07) is 13.2. The summed E-state index contributed by atoms with van der Waals surface area (Å²) in [5, 5.41) is 3.33. The first kappa shape index (κ1) is 13.4. The summed E-state index contributed by atoms with van der Waals surface area (Å²) >= 11 is 0. The average Bonchev–Trinajstić information content (AvgIpc) is 2.43. The lowest BCUT2D eigenvalue weighted by molar-refractivity contribution is 0.185. The first-order valence-electron chi connectivity index (χ1n) is 6.27. The zero-order valence-electron chi connectivity index (χ0n) is 11.0. The second-order valence-corrected chi connectivity index (χ2v) is 4.25. The quantitative estimate of drug-likeness (QED) is 0.863. The molecule has 0 amide bonds. The SMILES string of the molecule is COCc1ccccc1NCCn1ccccc1=O. The Labute approximate surface area is 112 Å². The van der Waals surface area contributed by atoms with Gasteiger partial charge < -0.3 is 14.6 Å². The maximum Gasteiger partial charge on any atom is 0.250 e. The number of benzene rings is 1. The molecule has 4 nitrogen and oxygen atoms in total. The van der Waals surface area contributed by atoms with Crippen molar-refractivity contribution in [2.24, 2.45) is 0 Å². The summed E-state index contributed by atoms with van der Waals surface area (Å²) in [6.07, 6.45) is 1.80. The van der Waals surface area contributed by atoms with Gasteiger partial charge in [-0.3, -0.25) is 4.79 Å². The summed E-state index contributed by atoms with van der Waals surface area (Å²) in [5.41, 5.74) is 2.19. The molecule has 0 atom stereocenters. The standard InChI is InChI=1S/C15H18N2O2/c1-19-12-13-6-2-3-7-14(13)16-9-11-17-10-5-4-8-15(17)18/h2-8,10,16H,9,11-12H2,1H3. The van der Waals surface area contributed by atoms with E-state index in [9.17, 15) is 4.79 Å². The van der Waals surface area contributed by atoms with Crippen LogP contribution < -0.4 is 10.9 Å². The number of ether oxygens (including phenoxy) is 1. The van der Waals surface area contributed by atoms with Crippen LogP contribution in [0.15, 0.2) is 53.5 Å². The van der Waals surface area contributed by atoms with E-state index in [2.05, 4.69) is 5.32 Å². The number of pyridine rings is 1. The molecular weight excluding hydrogens is 240 g/mol. The summed E-state index contributed by atoms with van der Waals surface area (Å²) < 4.78 is 6.84. The monoisotopic (exact) mass is 258 g/mol. The van der Waals surface area contributed by atoms with Crippen LogP contribution in [0.25, 0.3) is 0 Å². The smallest absolute Gasteiger partial charge is 0.250 e. The fourth-order valence-corrected chi connectivity index (χ4v) is 1.93. The minimum absolute atomic E-state index is 0.0227. The van der Waals surface area contributed by atoms with E-state index in [4.69, 9.17) is 4.74 Å². The van der Waals surface area contributed by atoms with Crippen molar-refractivity contribution in [3.8, 4) is 0 Å². The van der Waals surface area contributed by atoms with E-state index in [1.807, 2.05) is 30.3 Å². The second-order valence-electron chi connectivity index (χ2n) is 4.25. The third kappa shape index (κ3) is 3.69. The zero-order chi connectivity index (χ0) is 13.5. The zero-order valence-corrected chi connectivity index (χ0v) is 11.0. The van der Waals surface area contributed by atoms with Crippen molar-refractivity contribution in [2.45, 2.75) is 13.2 Å². The molecule has 1 aromatic heterocycles. The molecule has 19 heavy (non-hydrogen) atoms. The minimum atomic E-state index is 0.0227. The molecule has 0 spiro atoms. The number of para-hydroxylation sites is 1. The van der Waals surface area contributed by atoms with E-state index in [0.717, 1.165) is 11.3 Å². The maximum atomic E-state index is 11.5. The van der Waals surface area contributed by atoms with Gasteiger partial charge in [-0.25, -0.2) is 0 Å². The molecule has 2 rings (SSSR count). The molecule has 2 aromatic rings. The molecule has 0 saturated heterocycles. The highest BCUT2D eigenvalue weighted by Gasteiger charge is 2.00. The molecule has 1 aromatic carbocycles. The van der Waals surface area contributed by atoms with Gasteiger partial charge in [0.25, 0.3) is 5.56 Å². The Morgan fingerprint density at radius 3 is 2.74 bits per heavy atom. The van der Waals surface area contributed by atoms with Crippen LogP contribution in [-0.4, -0.2) is 18.2 Å². The predicted octanol–water partition coefficient (Wildman–Crippen LogP) is 2.11. The lowest BCUT2D eigenvalue weighted by Crippen LogP contribution is -2.22. The maximum absolute atomic E-state index is 11.5. The van der Waals surface area contributed by atoms with E-state index < -0.39 is 0 Å². The Morgan fingerprint density at radius 2 is 1.95 bits per heavy atom. The summed E-state index contributed by atoms with van der Waals surface area (Å²) in [4.78, 5) is 11.5. The predicted molar refractivity (Wildman–Crippen MR) is 76.3 cm³/mol. The van der Waals surface area contributed by atoms with Gasteiger partial charge in [0.15, 0.2) is 0 Å². The third-order valence-corrected chi connectivity index (χ3v) is 2.88. The van der Waals surface area contributed by atoms with Gasteiger partial charge in [0.2, 0.25) is 0 Å². The molecule has 0 aliphatic heterocycles. The number of methoxy groups -OCH3 is 1. The van der Waals surface area contributed by atoms with Crippen LogP contribution >= 0.6 is 0 Å². The number of aromatic nitrogens is 1. The molecule has 0 radical (unpaired) electrons. The first-order chi connectivity index (χ1) is 9.31. The molecule has 0 aliphatic rings. The highest BCUT2D eigenvalue weighted by Crippen LogP contribution is 2.15. The van der Waals surface area contributed by atoms with Gasteiger partial charge in [0.05, 0.1) is 6.61 Å². The first-order valence-corrected chi connectivity index (χ1v) is 6.27. The molecular formula is C15H18N2O2. The summed E-state index contributed by atoms with van der Waals surface area (Å²) in [6.45, 7) is 1.92. The second kappa shape index (κ2) is 6.75. The molecule has 100 valence electrons. The van der Waals surface area contributed by atoms with Crippen molar-refractivity contribution in [1.29, 1.82) is 0 Å². The summed E-state index contributed by atoms with van der Waals surface area (Å²) in [7, 11) is 1.68. The molecule has 0 bridgehead atoms. The van der Waals surface area contributed by atoms with Crippen molar-refractivity contribution >= 4 is 5.69 Å².